The second-order valence-electron chi connectivity index (χ2n) is 14.9. The van der Waals surface area contributed by atoms with Gasteiger partial charge in [-0.1, -0.05) is 61.9 Å². The molecule has 5 rings (SSSR count). The molecule has 0 saturated carbocycles. The van der Waals surface area contributed by atoms with Crippen LogP contribution in [-0.2, 0) is 44.7 Å². The fraction of sp³-hybridized carbons (Fsp3) is 0.558. The number of hydrogen-bond acceptors (Lipinski definition) is 10. The highest BCUT2D eigenvalue weighted by atomic mass is 16.5. The monoisotopic (exact) mass is 807 g/mol. The molecule has 5 amide bonds. The molecular formula is C43H65N7O8. The number of piperidine rings is 1. The number of esters is 1. The number of aldehydes is 1. The van der Waals surface area contributed by atoms with Gasteiger partial charge in [0.2, 0.25) is 30.0 Å². The maximum Gasteiger partial charge on any atom is 0.323 e. The molecule has 3 saturated heterocycles. The van der Waals surface area contributed by atoms with E-state index in [9.17, 15) is 33.6 Å². The first-order valence-corrected chi connectivity index (χ1v) is 20.2. The van der Waals surface area contributed by atoms with Crippen LogP contribution in [0.15, 0.2) is 54.6 Å². The van der Waals surface area contributed by atoms with Crippen molar-refractivity contribution in [2.24, 2.45) is 11.7 Å². The summed E-state index contributed by atoms with van der Waals surface area (Å²) in [4.78, 5) is 87.2. The molecule has 3 aliphatic heterocycles. The van der Waals surface area contributed by atoms with Crippen molar-refractivity contribution in [2.45, 2.75) is 103 Å². The number of nitrogens with one attached hydrogen (secondary N) is 3. The fourth-order valence-electron chi connectivity index (χ4n) is 7.00. The van der Waals surface area contributed by atoms with Crippen molar-refractivity contribution >= 4 is 48.0 Å². The quantitative estimate of drug-likeness (QED) is 0.172. The fourth-order valence-corrected chi connectivity index (χ4v) is 7.00. The summed E-state index contributed by atoms with van der Waals surface area (Å²) < 4.78 is 5.38. The van der Waals surface area contributed by atoms with Gasteiger partial charge in [0.15, 0.2) is 0 Å². The topological polar surface area (TPSA) is 201 Å². The average Bonchev–Trinajstić information content (AvgIpc) is 3.84. The van der Waals surface area contributed by atoms with Gasteiger partial charge in [0, 0.05) is 25.3 Å². The van der Waals surface area contributed by atoms with Crippen LogP contribution in [-0.4, -0.2) is 128 Å². The molecule has 3 heterocycles. The average molecular weight is 808 g/mol. The standard InChI is InChI=1S/C24H38N4O6.C9H11NO.C7H8.C3H8N2O/c1-16-13-20(26(3)14-16)24(33)34-12-9-21(30)27-11-6-8-19(27)23(32)28-10-5-4-7-18(28)22(31)25-17(2)15-29;1-2-8-4-3-5-9(6-8)10-7-11;1-7-5-3-2-4-6-7;1-5-2-3(4)6/h15-20H,4-14H2,1-3H3,(H,25,31);3-7H,2H2,1H3,(H,10,11);2-6H,1H3;5H,2H2,1H3,(H2,4,6). The first-order chi connectivity index (χ1) is 27.8. The molecule has 5 N–H and O–H groups in total. The van der Waals surface area contributed by atoms with Crippen LogP contribution in [0.2, 0.25) is 0 Å². The minimum atomic E-state index is -0.632. The molecule has 0 bridgehead atoms. The molecule has 58 heavy (non-hydrogen) atoms. The van der Waals surface area contributed by atoms with E-state index in [1.807, 2.05) is 54.4 Å². The third-order valence-electron chi connectivity index (χ3n) is 9.96. The molecule has 0 spiro atoms. The molecule has 3 aliphatic rings. The molecule has 320 valence electrons. The van der Waals surface area contributed by atoms with Gasteiger partial charge in [-0.2, -0.15) is 0 Å². The molecule has 0 aromatic heterocycles. The number of rotatable bonds is 13. The number of likely N-dealkylation sites (tertiary alicyclic amines) is 3. The van der Waals surface area contributed by atoms with Crippen molar-refractivity contribution in [1.82, 2.24) is 25.3 Å². The van der Waals surface area contributed by atoms with Gasteiger partial charge in [0.25, 0.3) is 0 Å². The van der Waals surface area contributed by atoms with Crippen molar-refractivity contribution in [1.29, 1.82) is 0 Å². The largest absolute Gasteiger partial charge is 0.464 e. The lowest BCUT2D eigenvalue weighted by molar-refractivity contribution is -0.152. The summed E-state index contributed by atoms with van der Waals surface area (Å²) in [7, 11) is 3.57. The SMILES string of the molecule is CC1CC(C(=O)OCCC(=O)N2CCCC2C(=O)N2CCCCC2C(=O)NC(C)C=O)N(C)C1.CCc1cccc(NC=O)c1.CNCC(N)=O.Cc1ccccc1. The lowest BCUT2D eigenvalue weighted by atomic mass is 9.99. The zero-order valence-electron chi connectivity index (χ0n) is 35.1. The smallest absolute Gasteiger partial charge is 0.323 e. The Morgan fingerprint density at radius 2 is 1.62 bits per heavy atom. The molecular weight excluding hydrogens is 743 g/mol. The Morgan fingerprint density at radius 1 is 0.931 bits per heavy atom. The highest BCUT2D eigenvalue weighted by Crippen LogP contribution is 2.26. The van der Waals surface area contributed by atoms with E-state index in [2.05, 4.69) is 48.9 Å². The second-order valence-corrected chi connectivity index (χ2v) is 14.9. The molecule has 15 heteroatoms. The Morgan fingerprint density at radius 3 is 2.17 bits per heavy atom. The van der Waals surface area contributed by atoms with E-state index >= 15 is 0 Å². The van der Waals surface area contributed by atoms with E-state index in [1.165, 1.54) is 11.1 Å². The minimum absolute atomic E-state index is 0.00781. The highest BCUT2D eigenvalue weighted by Gasteiger charge is 2.41. The van der Waals surface area contributed by atoms with Gasteiger partial charge < -0.3 is 41.0 Å². The third kappa shape index (κ3) is 17.1. The molecule has 5 atom stereocenters. The summed E-state index contributed by atoms with van der Waals surface area (Å²) in [6, 6.07) is 15.9. The van der Waals surface area contributed by atoms with Gasteiger partial charge in [-0.05, 0) is 96.5 Å². The molecule has 0 radical (unpaired) electrons. The number of carbonyl (C=O) groups is 7. The number of aryl methyl sites for hydroxylation is 2. The van der Waals surface area contributed by atoms with E-state index in [-0.39, 0.29) is 55.2 Å². The van der Waals surface area contributed by atoms with Gasteiger partial charge >= 0.3 is 5.97 Å². The lowest BCUT2D eigenvalue weighted by Crippen LogP contribution is -2.57. The van der Waals surface area contributed by atoms with Crippen LogP contribution in [0.1, 0.15) is 76.8 Å². The highest BCUT2D eigenvalue weighted by molar-refractivity contribution is 5.93. The number of nitrogens with two attached hydrogens (primary N) is 1. The third-order valence-corrected chi connectivity index (χ3v) is 9.96. The number of ether oxygens (including phenoxy) is 1. The molecule has 3 fully saturated rings. The van der Waals surface area contributed by atoms with Gasteiger partial charge in [-0.3, -0.25) is 33.7 Å². The number of amides is 5. The number of likely N-dealkylation sites (N-methyl/N-ethyl adjacent to an activating group) is 2. The van der Waals surface area contributed by atoms with Crippen LogP contribution in [0.5, 0.6) is 0 Å². The van der Waals surface area contributed by atoms with Gasteiger partial charge in [0.1, 0.15) is 31.0 Å². The molecule has 2 aromatic rings. The van der Waals surface area contributed by atoms with Crippen molar-refractivity contribution in [3.05, 3.63) is 65.7 Å². The van der Waals surface area contributed by atoms with Gasteiger partial charge in [-0.25, -0.2) is 0 Å². The van der Waals surface area contributed by atoms with Crippen LogP contribution in [0.3, 0.4) is 0 Å². The van der Waals surface area contributed by atoms with Crippen molar-refractivity contribution < 1.29 is 38.3 Å². The predicted octanol–water partition coefficient (Wildman–Crippen LogP) is 2.84. The lowest BCUT2D eigenvalue weighted by Gasteiger charge is -2.38. The number of anilines is 1. The molecule has 15 nitrogen and oxygen atoms in total. The Bertz CT molecular complexity index is 1610. The Hall–Kier alpha value is -5.15. The van der Waals surface area contributed by atoms with Crippen molar-refractivity contribution in [2.75, 3.05) is 52.2 Å². The normalized spacial score (nSPS) is 20.3. The van der Waals surface area contributed by atoms with E-state index in [4.69, 9.17) is 10.5 Å². The van der Waals surface area contributed by atoms with Gasteiger partial charge in [0.05, 0.1) is 19.0 Å². The number of nitrogens with zero attached hydrogens (tertiary/aromatic N) is 3. The molecule has 5 unspecified atom stereocenters. The van der Waals surface area contributed by atoms with Crippen LogP contribution in [0.4, 0.5) is 5.69 Å². The number of benzene rings is 2. The van der Waals surface area contributed by atoms with Crippen LogP contribution < -0.4 is 21.7 Å². The summed E-state index contributed by atoms with van der Waals surface area (Å²) >= 11 is 0. The number of carbonyl (C=O) groups excluding carboxylic acids is 7. The Balaban J connectivity index is 0.000000387. The maximum atomic E-state index is 13.4. The van der Waals surface area contributed by atoms with Crippen molar-refractivity contribution in [3.8, 4) is 0 Å². The first kappa shape index (κ1) is 49.0. The number of primary amides is 1. The van der Waals surface area contributed by atoms with Crippen LogP contribution >= 0.6 is 0 Å². The Labute approximate surface area is 343 Å². The van der Waals surface area contributed by atoms with E-state index in [0.29, 0.717) is 51.0 Å². The van der Waals surface area contributed by atoms with Crippen LogP contribution in [0.25, 0.3) is 0 Å². The number of hydrogen-bond donors (Lipinski definition) is 4. The summed E-state index contributed by atoms with van der Waals surface area (Å²) in [6.07, 6.45) is 6.53. The summed E-state index contributed by atoms with van der Waals surface area (Å²) in [6.45, 7) is 9.88. The predicted molar refractivity (Wildman–Crippen MR) is 223 cm³/mol. The Kier molecular flexibility index (Phi) is 22.6. The minimum Gasteiger partial charge on any atom is -0.464 e. The zero-order chi connectivity index (χ0) is 43.0. The van der Waals surface area contributed by atoms with E-state index in [0.717, 1.165) is 37.9 Å². The second kappa shape index (κ2) is 26.7. The van der Waals surface area contributed by atoms with E-state index in [1.54, 1.807) is 23.8 Å². The zero-order valence-corrected chi connectivity index (χ0v) is 35.1. The summed E-state index contributed by atoms with van der Waals surface area (Å²) in [5.74, 6) is -0.963. The van der Waals surface area contributed by atoms with E-state index < -0.39 is 18.1 Å². The molecule has 0 aliphatic carbocycles. The van der Waals surface area contributed by atoms with Gasteiger partial charge in [-0.15, -0.1) is 0 Å². The molecule has 2 aromatic carbocycles. The summed E-state index contributed by atoms with van der Waals surface area (Å²) in [5.41, 5.74) is 8.12. The van der Waals surface area contributed by atoms with Crippen molar-refractivity contribution in [3.63, 3.8) is 0 Å². The van der Waals surface area contributed by atoms with Crippen LogP contribution in [0, 0.1) is 12.8 Å². The first-order valence-electron chi connectivity index (χ1n) is 20.2. The maximum absolute atomic E-state index is 13.4. The summed E-state index contributed by atoms with van der Waals surface area (Å²) in [5, 5.41) is 7.84.